The van der Waals surface area contributed by atoms with Crippen molar-refractivity contribution in [2.45, 2.75) is 32.1 Å². The minimum atomic E-state index is -0.361. The van der Waals surface area contributed by atoms with Gasteiger partial charge in [0.2, 0.25) is 5.91 Å². The van der Waals surface area contributed by atoms with Crippen LogP contribution in [0.5, 0.6) is 5.75 Å². The highest BCUT2D eigenvalue weighted by Crippen LogP contribution is 2.43. The molecule has 1 amide bonds. The molecule has 1 N–H and O–H groups in total. The molecule has 0 unspecified atom stereocenters. The van der Waals surface area contributed by atoms with E-state index in [-0.39, 0.29) is 11.3 Å². The SMILES string of the molecule is O=C1Nc2cccc(Cl)c2OCC12CCCCC2. The maximum Gasteiger partial charge on any atom is 0.234 e. The predicted molar refractivity (Wildman–Crippen MR) is 71.1 cm³/mol. The first-order valence-electron chi connectivity index (χ1n) is 6.44. The van der Waals surface area contributed by atoms with Gasteiger partial charge in [0, 0.05) is 0 Å². The normalized spacial score (nSPS) is 21.7. The Hall–Kier alpha value is -1.22. The molecule has 1 aliphatic heterocycles. The Kier molecular flexibility index (Phi) is 2.94. The smallest absolute Gasteiger partial charge is 0.234 e. The number of anilines is 1. The quantitative estimate of drug-likeness (QED) is 0.778. The standard InChI is InChI=1S/C14H16ClNO2/c15-10-5-4-6-11-12(10)18-9-14(13(17)16-11)7-2-1-3-8-14/h4-6H,1-3,7-9H2,(H,16,17). The van der Waals surface area contributed by atoms with E-state index >= 15 is 0 Å². The summed E-state index contributed by atoms with van der Waals surface area (Å²) in [7, 11) is 0. The molecule has 4 heteroatoms. The fourth-order valence-corrected chi connectivity index (χ4v) is 3.11. The molecule has 0 saturated heterocycles. The molecule has 2 aliphatic rings. The van der Waals surface area contributed by atoms with Crippen LogP contribution in [-0.4, -0.2) is 12.5 Å². The molecular formula is C14H16ClNO2. The lowest BCUT2D eigenvalue weighted by molar-refractivity contribution is -0.128. The van der Waals surface area contributed by atoms with Gasteiger partial charge in [0.15, 0.2) is 5.75 Å². The third kappa shape index (κ3) is 1.87. The number of rotatable bonds is 0. The minimum Gasteiger partial charge on any atom is -0.489 e. The summed E-state index contributed by atoms with van der Waals surface area (Å²) in [5, 5.41) is 3.53. The molecule has 18 heavy (non-hydrogen) atoms. The predicted octanol–water partition coefficient (Wildman–Crippen LogP) is 3.62. The number of para-hydroxylation sites is 1. The summed E-state index contributed by atoms with van der Waals surface area (Å²) >= 11 is 6.11. The van der Waals surface area contributed by atoms with Crippen molar-refractivity contribution in [3.63, 3.8) is 0 Å². The van der Waals surface area contributed by atoms with Crippen molar-refractivity contribution in [1.82, 2.24) is 0 Å². The lowest BCUT2D eigenvalue weighted by Gasteiger charge is -2.33. The average molecular weight is 266 g/mol. The van der Waals surface area contributed by atoms with Crippen molar-refractivity contribution in [2.75, 3.05) is 11.9 Å². The van der Waals surface area contributed by atoms with Crippen LogP contribution in [0.3, 0.4) is 0 Å². The van der Waals surface area contributed by atoms with Gasteiger partial charge >= 0.3 is 0 Å². The largest absolute Gasteiger partial charge is 0.489 e. The third-order valence-corrected chi connectivity index (χ3v) is 4.30. The van der Waals surface area contributed by atoms with Crippen LogP contribution in [0.1, 0.15) is 32.1 Å². The second-order valence-corrected chi connectivity index (χ2v) is 5.61. The molecular weight excluding hydrogens is 250 g/mol. The summed E-state index contributed by atoms with van der Waals surface area (Å²) < 4.78 is 5.83. The fourth-order valence-electron chi connectivity index (χ4n) is 2.88. The lowest BCUT2D eigenvalue weighted by atomic mass is 9.74. The number of halogens is 1. The summed E-state index contributed by atoms with van der Waals surface area (Å²) in [5.41, 5.74) is 0.329. The zero-order valence-electron chi connectivity index (χ0n) is 10.2. The first kappa shape index (κ1) is 11.8. The number of hydrogen-bond donors (Lipinski definition) is 1. The molecule has 3 rings (SSSR count). The monoisotopic (exact) mass is 265 g/mol. The molecule has 3 nitrogen and oxygen atoms in total. The van der Waals surface area contributed by atoms with E-state index in [2.05, 4.69) is 5.32 Å². The van der Waals surface area contributed by atoms with Gasteiger partial charge in [-0.25, -0.2) is 0 Å². The number of hydrogen-bond acceptors (Lipinski definition) is 2. The summed E-state index contributed by atoms with van der Waals surface area (Å²) in [6.07, 6.45) is 5.22. The molecule has 0 bridgehead atoms. The highest BCUT2D eigenvalue weighted by atomic mass is 35.5. The van der Waals surface area contributed by atoms with Gasteiger partial charge in [-0.3, -0.25) is 4.79 Å². The minimum absolute atomic E-state index is 0.0863. The summed E-state index contributed by atoms with van der Waals surface area (Å²) in [6, 6.07) is 5.44. The Morgan fingerprint density at radius 1 is 1.22 bits per heavy atom. The van der Waals surface area contributed by atoms with E-state index in [0.29, 0.717) is 23.1 Å². The molecule has 1 aromatic rings. The number of fused-ring (bicyclic) bond motifs is 1. The molecule has 0 aromatic heterocycles. The Labute approximate surface area is 111 Å². The summed E-state index contributed by atoms with van der Waals surface area (Å²) in [5.74, 6) is 0.693. The van der Waals surface area contributed by atoms with Gasteiger partial charge in [-0.15, -0.1) is 0 Å². The van der Waals surface area contributed by atoms with Crippen molar-refractivity contribution in [2.24, 2.45) is 5.41 Å². The van der Waals surface area contributed by atoms with Crippen LogP contribution in [0.25, 0.3) is 0 Å². The van der Waals surface area contributed by atoms with Gasteiger partial charge in [0.1, 0.15) is 6.61 Å². The Balaban J connectivity index is 1.95. The maximum atomic E-state index is 12.4. The molecule has 1 spiro atoms. The number of carbonyl (C=O) groups is 1. The highest BCUT2D eigenvalue weighted by Gasteiger charge is 2.42. The first-order valence-corrected chi connectivity index (χ1v) is 6.82. The van der Waals surface area contributed by atoms with Crippen LogP contribution in [0.2, 0.25) is 5.02 Å². The summed E-state index contributed by atoms with van der Waals surface area (Å²) in [6.45, 7) is 0.440. The molecule has 0 atom stereocenters. The van der Waals surface area contributed by atoms with E-state index in [4.69, 9.17) is 16.3 Å². The van der Waals surface area contributed by atoms with E-state index in [1.165, 1.54) is 6.42 Å². The van der Waals surface area contributed by atoms with Crippen molar-refractivity contribution >= 4 is 23.2 Å². The van der Waals surface area contributed by atoms with Crippen molar-refractivity contribution in [1.29, 1.82) is 0 Å². The summed E-state index contributed by atoms with van der Waals surface area (Å²) in [4.78, 5) is 12.4. The molecule has 1 heterocycles. The van der Waals surface area contributed by atoms with Crippen LogP contribution in [0.15, 0.2) is 18.2 Å². The Bertz CT molecular complexity index is 481. The second kappa shape index (κ2) is 4.47. The number of carbonyl (C=O) groups excluding carboxylic acids is 1. The zero-order valence-corrected chi connectivity index (χ0v) is 10.9. The van der Waals surface area contributed by atoms with Crippen molar-refractivity contribution < 1.29 is 9.53 Å². The van der Waals surface area contributed by atoms with E-state index < -0.39 is 0 Å². The highest BCUT2D eigenvalue weighted by molar-refractivity contribution is 6.32. The zero-order chi connectivity index (χ0) is 12.6. The van der Waals surface area contributed by atoms with Crippen LogP contribution < -0.4 is 10.1 Å². The maximum absolute atomic E-state index is 12.4. The molecule has 1 fully saturated rings. The van der Waals surface area contributed by atoms with Gasteiger partial charge in [-0.2, -0.15) is 0 Å². The average Bonchev–Trinajstić information content (AvgIpc) is 2.51. The van der Waals surface area contributed by atoms with Gasteiger partial charge in [-0.1, -0.05) is 36.9 Å². The van der Waals surface area contributed by atoms with Crippen molar-refractivity contribution in [3.05, 3.63) is 23.2 Å². The number of benzene rings is 1. The topological polar surface area (TPSA) is 38.3 Å². The lowest BCUT2D eigenvalue weighted by Crippen LogP contribution is -2.41. The third-order valence-electron chi connectivity index (χ3n) is 4.00. The van der Waals surface area contributed by atoms with E-state index in [0.717, 1.165) is 25.7 Å². The van der Waals surface area contributed by atoms with Crippen LogP contribution in [-0.2, 0) is 4.79 Å². The molecule has 1 aromatic carbocycles. The van der Waals surface area contributed by atoms with Gasteiger partial charge in [0.05, 0.1) is 16.1 Å². The number of nitrogens with one attached hydrogen (secondary N) is 1. The van der Waals surface area contributed by atoms with Gasteiger partial charge in [0.25, 0.3) is 0 Å². The number of amides is 1. The van der Waals surface area contributed by atoms with E-state index in [9.17, 15) is 4.79 Å². The van der Waals surface area contributed by atoms with Gasteiger partial charge < -0.3 is 10.1 Å². The van der Waals surface area contributed by atoms with E-state index in [1.807, 2.05) is 12.1 Å². The molecule has 0 radical (unpaired) electrons. The fraction of sp³-hybridized carbons (Fsp3) is 0.500. The first-order chi connectivity index (χ1) is 8.71. The molecule has 1 aliphatic carbocycles. The second-order valence-electron chi connectivity index (χ2n) is 5.20. The number of ether oxygens (including phenoxy) is 1. The van der Waals surface area contributed by atoms with Crippen LogP contribution in [0.4, 0.5) is 5.69 Å². The Morgan fingerprint density at radius 3 is 2.78 bits per heavy atom. The van der Waals surface area contributed by atoms with Gasteiger partial charge in [-0.05, 0) is 25.0 Å². The molecule has 1 saturated carbocycles. The molecule has 96 valence electrons. The van der Waals surface area contributed by atoms with Crippen LogP contribution in [0, 0.1) is 5.41 Å². The van der Waals surface area contributed by atoms with Crippen LogP contribution >= 0.6 is 11.6 Å². The Morgan fingerprint density at radius 2 is 2.00 bits per heavy atom. The van der Waals surface area contributed by atoms with Crippen molar-refractivity contribution in [3.8, 4) is 5.75 Å². The van der Waals surface area contributed by atoms with E-state index in [1.54, 1.807) is 6.07 Å².